The molecule has 4 aromatic rings. The normalized spacial score (nSPS) is 15.1. The van der Waals surface area contributed by atoms with Crippen LogP contribution >= 0.6 is 0 Å². The minimum Gasteiger partial charge on any atom is -0.493 e. The lowest BCUT2D eigenvalue weighted by atomic mass is 10.1. The third kappa shape index (κ3) is 4.82. The van der Waals surface area contributed by atoms with Gasteiger partial charge < -0.3 is 34.3 Å². The molecule has 2 aliphatic heterocycles. The van der Waals surface area contributed by atoms with E-state index in [1.54, 1.807) is 13.3 Å². The highest BCUT2D eigenvalue weighted by Crippen LogP contribution is 2.50. The highest BCUT2D eigenvalue weighted by molar-refractivity contribution is 5.94. The van der Waals surface area contributed by atoms with Crippen molar-refractivity contribution in [1.82, 2.24) is 20.3 Å². The molecule has 2 bridgehead atoms. The van der Waals surface area contributed by atoms with E-state index in [0.717, 1.165) is 53.7 Å². The van der Waals surface area contributed by atoms with Crippen LogP contribution in [-0.2, 0) is 6.54 Å². The number of benzene rings is 2. The highest BCUT2D eigenvalue weighted by atomic mass is 16.7. The molecule has 0 fully saturated rings. The summed E-state index contributed by atoms with van der Waals surface area (Å²) in [6, 6.07) is 9.56. The second-order valence-electron chi connectivity index (χ2n) is 9.16. The zero-order valence-electron chi connectivity index (χ0n) is 21.4. The summed E-state index contributed by atoms with van der Waals surface area (Å²) in [7, 11) is 1.63. The molecule has 6 rings (SSSR count). The molecule has 0 unspecified atom stereocenters. The van der Waals surface area contributed by atoms with E-state index in [1.807, 2.05) is 37.3 Å². The predicted octanol–water partition coefficient (Wildman–Crippen LogP) is 5.26. The van der Waals surface area contributed by atoms with Crippen molar-refractivity contribution in [3.8, 4) is 34.5 Å². The molecule has 4 heterocycles. The summed E-state index contributed by atoms with van der Waals surface area (Å²) in [5.74, 6) is 4.20. The quantitative estimate of drug-likeness (QED) is 0.375. The maximum atomic E-state index is 6.21. The van der Waals surface area contributed by atoms with Crippen LogP contribution in [0.3, 0.4) is 0 Å². The van der Waals surface area contributed by atoms with E-state index in [4.69, 9.17) is 23.7 Å². The Morgan fingerprint density at radius 1 is 0.921 bits per heavy atom. The molecular formula is C28H29N5O5. The first kappa shape index (κ1) is 24.1. The maximum Gasteiger partial charge on any atom is 0.231 e. The summed E-state index contributed by atoms with van der Waals surface area (Å²) in [4.78, 5) is 13.4. The summed E-state index contributed by atoms with van der Waals surface area (Å²) < 4.78 is 29.7. The van der Waals surface area contributed by atoms with Gasteiger partial charge in [0.25, 0.3) is 0 Å². The van der Waals surface area contributed by atoms with Gasteiger partial charge in [0.05, 0.1) is 31.1 Å². The van der Waals surface area contributed by atoms with Crippen molar-refractivity contribution in [2.45, 2.75) is 32.7 Å². The Bertz CT molecular complexity index is 1460. The van der Waals surface area contributed by atoms with Gasteiger partial charge >= 0.3 is 0 Å². The number of fused-ring (bicyclic) bond motifs is 4. The lowest BCUT2D eigenvalue weighted by molar-refractivity contribution is 0.172. The monoisotopic (exact) mass is 515 g/mol. The number of anilines is 2. The minimum absolute atomic E-state index is 0.0864. The number of aryl methyl sites for hydroxylation is 1. The van der Waals surface area contributed by atoms with E-state index in [-0.39, 0.29) is 6.79 Å². The van der Waals surface area contributed by atoms with Gasteiger partial charge in [-0.15, -0.1) is 0 Å². The van der Waals surface area contributed by atoms with E-state index in [0.29, 0.717) is 53.5 Å². The van der Waals surface area contributed by atoms with Crippen LogP contribution in [0.5, 0.6) is 34.5 Å². The largest absolute Gasteiger partial charge is 0.493 e. The van der Waals surface area contributed by atoms with E-state index in [9.17, 15) is 0 Å². The minimum atomic E-state index is 0.0864. The van der Waals surface area contributed by atoms with E-state index >= 15 is 0 Å². The van der Waals surface area contributed by atoms with E-state index < -0.39 is 0 Å². The Kier molecular flexibility index (Phi) is 6.70. The summed E-state index contributed by atoms with van der Waals surface area (Å²) in [5, 5.41) is 7.86. The van der Waals surface area contributed by atoms with Crippen LogP contribution in [-0.4, -0.2) is 42.0 Å². The molecule has 0 spiro atoms. The lowest BCUT2D eigenvalue weighted by Gasteiger charge is -2.18. The standard InChI is InChI=1S/C28H29N5O5/c1-17-6-7-19(14-30-17)38-24-10-18-13-29-8-4-3-5-9-35-23-11-20-21(12-22(23)34-2)31-15-32-28(20)33-25(18)27-26(24)36-16-37-27/h6-7,10-12,14-15,29H,3-5,8-9,13,16H2,1-2H3,(H,31,32,33). The Morgan fingerprint density at radius 3 is 2.71 bits per heavy atom. The van der Waals surface area contributed by atoms with Crippen LogP contribution in [0.15, 0.2) is 42.9 Å². The first-order chi connectivity index (χ1) is 18.7. The zero-order chi connectivity index (χ0) is 25.9. The average Bonchev–Trinajstić information content (AvgIpc) is 3.43. The van der Waals surface area contributed by atoms with Crippen molar-refractivity contribution in [3.05, 3.63) is 54.1 Å². The summed E-state index contributed by atoms with van der Waals surface area (Å²) >= 11 is 0. The highest BCUT2D eigenvalue weighted by Gasteiger charge is 2.28. The first-order valence-electron chi connectivity index (χ1n) is 12.7. The Morgan fingerprint density at radius 2 is 1.84 bits per heavy atom. The van der Waals surface area contributed by atoms with Gasteiger partial charge in [-0.3, -0.25) is 4.98 Å². The van der Waals surface area contributed by atoms with Crippen molar-refractivity contribution in [2.24, 2.45) is 0 Å². The molecule has 2 N–H and O–H groups in total. The van der Waals surface area contributed by atoms with Gasteiger partial charge in [-0.05, 0) is 62.6 Å². The molecule has 0 saturated heterocycles. The van der Waals surface area contributed by atoms with Crippen molar-refractivity contribution >= 4 is 22.4 Å². The van der Waals surface area contributed by atoms with Crippen molar-refractivity contribution in [3.63, 3.8) is 0 Å². The number of methoxy groups -OCH3 is 1. The van der Waals surface area contributed by atoms with Crippen LogP contribution in [0.2, 0.25) is 0 Å². The molecular weight excluding hydrogens is 486 g/mol. The fraction of sp³-hybridized carbons (Fsp3) is 0.321. The Hall–Kier alpha value is -4.31. The summed E-state index contributed by atoms with van der Waals surface area (Å²) in [6.45, 7) is 4.08. The van der Waals surface area contributed by atoms with Crippen molar-refractivity contribution < 1.29 is 23.7 Å². The van der Waals surface area contributed by atoms with Crippen LogP contribution in [0.4, 0.5) is 11.5 Å². The third-order valence-corrected chi connectivity index (χ3v) is 6.54. The first-order valence-corrected chi connectivity index (χ1v) is 12.7. The molecule has 10 heteroatoms. The zero-order valence-corrected chi connectivity index (χ0v) is 21.4. The summed E-state index contributed by atoms with van der Waals surface area (Å²) in [5.41, 5.74) is 3.36. The van der Waals surface area contributed by atoms with Gasteiger partial charge in [-0.2, -0.15) is 0 Å². The second kappa shape index (κ2) is 10.6. The Balaban J connectivity index is 1.46. The second-order valence-corrected chi connectivity index (χ2v) is 9.16. The van der Waals surface area contributed by atoms with E-state index in [2.05, 4.69) is 25.6 Å². The van der Waals surface area contributed by atoms with Gasteiger partial charge in [0.15, 0.2) is 23.0 Å². The van der Waals surface area contributed by atoms with Gasteiger partial charge in [0.1, 0.15) is 17.9 Å². The maximum absolute atomic E-state index is 6.21. The molecule has 0 aliphatic carbocycles. The van der Waals surface area contributed by atoms with Crippen LogP contribution in [0.1, 0.15) is 30.5 Å². The lowest BCUT2D eigenvalue weighted by Crippen LogP contribution is -2.16. The molecule has 2 aromatic heterocycles. The van der Waals surface area contributed by atoms with Crippen LogP contribution in [0, 0.1) is 6.92 Å². The van der Waals surface area contributed by atoms with Gasteiger partial charge in [-0.25, -0.2) is 9.97 Å². The molecule has 10 nitrogen and oxygen atoms in total. The van der Waals surface area contributed by atoms with Gasteiger partial charge in [0, 0.05) is 23.7 Å². The van der Waals surface area contributed by atoms with E-state index in [1.165, 1.54) is 6.33 Å². The van der Waals surface area contributed by atoms with Gasteiger partial charge in [0.2, 0.25) is 12.5 Å². The van der Waals surface area contributed by atoms with Crippen molar-refractivity contribution in [2.75, 3.05) is 32.4 Å². The SMILES string of the molecule is COc1cc2ncnc3c2cc1OCCCCCNCc1cc(Oc2ccc(C)nc2)c2c(c1N3)OCO2. The average molecular weight is 516 g/mol. The molecule has 0 atom stereocenters. The number of hydrogen-bond acceptors (Lipinski definition) is 10. The van der Waals surface area contributed by atoms with Crippen LogP contribution in [0.25, 0.3) is 10.9 Å². The molecule has 38 heavy (non-hydrogen) atoms. The molecule has 0 radical (unpaired) electrons. The number of pyridine rings is 1. The number of rotatable bonds is 3. The summed E-state index contributed by atoms with van der Waals surface area (Å²) in [6.07, 6.45) is 6.23. The molecule has 2 aliphatic rings. The number of aromatic nitrogens is 3. The number of nitrogens with one attached hydrogen (secondary N) is 2. The molecule has 2 aromatic carbocycles. The molecule has 0 amide bonds. The molecule has 0 saturated carbocycles. The number of nitrogens with zero attached hydrogens (tertiary/aromatic N) is 3. The van der Waals surface area contributed by atoms with Crippen molar-refractivity contribution in [1.29, 1.82) is 0 Å². The third-order valence-electron chi connectivity index (χ3n) is 6.54. The Labute approximate surface area is 220 Å². The van der Waals surface area contributed by atoms with Crippen LogP contribution < -0.4 is 34.3 Å². The smallest absolute Gasteiger partial charge is 0.231 e. The fourth-order valence-electron chi connectivity index (χ4n) is 4.57. The predicted molar refractivity (Wildman–Crippen MR) is 142 cm³/mol. The fourth-order valence-corrected chi connectivity index (χ4v) is 4.57. The van der Waals surface area contributed by atoms with Gasteiger partial charge in [-0.1, -0.05) is 0 Å². The number of ether oxygens (including phenoxy) is 5. The topological polar surface area (TPSA) is 109 Å². The number of hydrogen-bond donors (Lipinski definition) is 2. The molecule has 196 valence electrons.